The average Bonchev–Trinajstić information content (AvgIpc) is 3.11. The van der Waals surface area contributed by atoms with Gasteiger partial charge in [0.05, 0.1) is 26.4 Å². The smallest absolute Gasteiger partial charge is 0.348 e. The summed E-state index contributed by atoms with van der Waals surface area (Å²) in [7, 11) is 0. The number of rotatable bonds is 13. The first kappa shape index (κ1) is 34.7. The van der Waals surface area contributed by atoms with Gasteiger partial charge in [0.25, 0.3) is 0 Å². The van der Waals surface area contributed by atoms with Crippen LogP contribution in [0.25, 0.3) is 0 Å². The van der Waals surface area contributed by atoms with Gasteiger partial charge in [0.2, 0.25) is 6.29 Å². The molecule has 3 aliphatic heterocycles. The molecule has 0 radical (unpaired) electrons. The molecule has 12 heteroatoms. The Kier molecular flexibility index (Phi) is 11.6. The monoisotopic (exact) mass is 690 g/mol. The van der Waals surface area contributed by atoms with E-state index in [1.807, 2.05) is 91.0 Å². The summed E-state index contributed by atoms with van der Waals surface area (Å²) < 4.78 is 48.8. The first-order valence-electron chi connectivity index (χ1n) is 16.0. The Morgan fingerprint density at radius 1 is 0.694 bits per heavy atom. The number of esters is 3. The molecule has 6 rings (SSSR count). The number of carbonyl (C=O) groups excluding carboxylic acids is 3. The molecule has 258 valence electrons. The standard InChI is InChI=1S/C37H38O11S/c1-23(38)42-22-29-31(45-24(2)39)33-34(36(40)46-29)49-35-32(44-20-27-16-10-5-11-17-27)30(43-19-26-14-8-4-9-15-26)28(47-37(35)48-33)21-41-18-25-12-6-3-7-13-25/h3-17,28-32,35,37H,18-22H2,1-2H3/t28-,29-,30-,31-,32+,35-,37-/m1/s1. The summed E-state index contributed by atoms with van der Waals surface area (Å²) in [6.07, 6.45) is -5.17. The molecule has 0 spiro atoms. The number of hydrogen-bond acceptors (Lipinski definition) is 12. The summed E-state index contributed by atoms with van der Waals surface area (Å²) in [6, 6.07) is 29.3. The van der Waals surface area contributed by atoms with Crippen molar-refractivity contribution in [2.45, 2.75) is 75.7 Å². The fourth-order valence-corrected chi connectivity index (χ4v) is 7.09. The van der Waals surface area contributed by atoms with Crippen molar-refractivity contribution in [2.24, 2.45) is 0 Å². The van der Waals surface area contributed by atoms with Gasteiger partial charge in [-0.05, 0) is 16.7 Å². The van der Waals surface area contributed by atoms with Gasteiger partial charge in [0.1, 0.15) is 35.1 Å². The largest absolute Gasteiger partial charge is 0.462 e. The minimum Gasteiger partial charge on any atom is -0.462 e. The van der Waals surface area contributed by atoms with Crippen molar-refractivity contribution >= 4 is 29.7 Å². The summed E-state index contributed by atoms with van der Waals surface area (Å²) in [5, 5.41) is -0.593. The number of fused-ring (bicyclic) bond motifs is 1. The molecule has 1 fully saturated rings. The third kappa shape index (κ3) is 8.89. The molecule has 49 heavy (non-hydrogen) atoms. The fourth-order valence-electron chi connectivity index (χ4n) is 5.79. The number of hydrogen-bond donors (Lipinski definition) is 0. The molecule has 0 bridgehead atoms. The summed E-state index contributed by atoms with van der Waals surface area (Å²) in [6.45, 7) is 3.17. The highest BCUT2D eigenvalue weighted by molar-refractivity contribution is 8.04. The molecule has 3 aromatic carbocycles. The second kappa shape index (κ2) is 16.5. The second-order valence-corrected chi connectivity index (χ2v) is 12.9. The van der Waals surface area contributed by atoms with Gasteiger partial charge in [-0.2, -0.15) is 0 Å². The summed E-state index contributed by atoms with van der Waals surface area (Å²) in [5.41, 5.74) is 2.91. The van der Waals surface area contributed by atoms with Crippen molar-refractivity contribution in [3.8, 4) is 0 Å². The number of carbonyl (C=O) groups is 3. The Morgan fingerprint density at radius 3 is 1.84 bits per heavy atom. The Morgan fingerprint density at radius 2 is 1.27 bits per heavy atom. The van der Waals surface area contributed by atoms with E-state index in [4.69, 9.17) is 37.9 Å². The number of cyclic esters (lactones) is 1. The van der Waals surface area contributed by atoms with E-state index >= 15 is 0 Å². The first-order chi connectivity index (χ1) is 23.9. The Hall–Kier alpha value is -4.20. The Balaban J connectivity index is 1.32. The predicted molar refractivity (Wildman–Crippen MR) is 176 cm³/mol. The van der Waals surface area contributed by atoms with Crippen LogP contribution in [0.4, 0.5) is 0 Å². The molecule has 7 atom stereocenters. The Bertz CT molecular complexity index is 1600. The molecule has 0 N–H and O–H groups in total. The van der Waals surface area contributed by atoms with Crippen LogP contribution in [0.3, 0.4) is 0 Å². The van der Waals surface area contributed by atoms with Crippen molar-refractivity contribution in [2.75, 3.05) is 13.2 Å². The molecule has 3 heterocycles. The van der Waals surface area contributed by atoms with Crippen molar-refractivity contribution < 1.29 is 52.3 Å². The van der Waals surface area contributed by atoms with Crippen LogP contribution in [0.15, 0.2) is 102 Å². The molecular weight excluding hydrogens is 652 g/mol. The molecule has 11 nitrogen and oxygen atoms in total. The molecule has 0 saturated carbocycles. The Labute approximate surface area is 288 Å². The molecule has 3 aliphatic rings. The maximum absolute atomic E-state index is 13.4. The molecule has 0 unspecified atom stereocenters. The zero-order chi connectivity index (χ0) is 34.2. The van der Waals surface area contributed by atoms with E-state index in [1.165, 1.54) is 25.6 Å². The molecule has 0 aliphatic carbocycles. The third-order valence-electron chi connectivity index (χ3n) is 8.06. The highest BCUT2D eigenvalue weighted by atomic mass is 32.2. The van der Waals surface area contributed by atoms with Crippen LogP contribution in [0.2, 0.25) is 0 Å². The van der Waals surface area contributed by atoms with E-state index in [9.17, 15) is 14.4 Å². The summed E-state index contributed by atoms with van der Waals surface area (Å²) in [5.74, 6) is -1.83. The van der Waals surface area contributed by atoms with Crippen molar-refractivity contribution in [3.63, 3.8) is 0 Å². The maximum Gasteiger partial charge on any atom is 0.348 e. The lowest BCUT2D eigenvalue weighted by Gasteiger charge is -2.49. The highest BCUT2D eigenvalue weighted by Gasteiger charge is 2.56. The fraction of sp³-hybridized carbons (Fsp3) is 0.378. The van der Waals surface area contributed by atoms with Gasteiger partial charge in [-0.15, -0.1) is 11.8 Å². The minimum atomic E-state index is -1.16. The van der Waals surface area contributed by atoms with Crippen LogP contribution < -0.4 is 0 Å². The van der Waals surface area contributed by atoms with Gasteiger partial charge in [-0.1, -0.05) is 91.0 Å². The molecule has 1 saturated heterocycles. The lowest BCUT2D eigenvalue weighted by molar-refractivity contribution is -0.271. The maximum atomic E-state index is 13.4. The SMILES string of the molecule is CC(=O)OC[C@H]1OC(=O)C2=C(O[C@H]3O[C@H](COCc4ccccc4)[C@@H](OCc4ccccc4)[C@H](OCc4ccccc4)[C@H]3S2)[C@@H]1OC(C)=O. The van der Waals surface area contributed by atoms with Crippen LogP contribution in [0.1, 0.15) is 30.5 Å². The summed E-state index contributed by atoms with van der Waals surface area (Å²) >= 11 is 1.17. The normalized spacial score (nSPS) is 26.1. The van der Waals surface area contributed by atoms with E-state index in [0.717, 1.165) is 16.7 Å². The number of ether oxygens (including phenoxy) is 8. The van der Waals surface area contributed by atoms with Crippen LogP contribution in [0, 0.1) is 0 Å². The van der Waals surface area contributed by atoms with E-state index in [2.05, 4.69) is 0 Å². The lowest BCUT2D eigenvalue weighted by atomic mass is 9.99. The van der Waals surface area contributed by atoms with Gasteiger partial charge >= 0.3 is 17.9 Å². The van der Waals surface area contributed by atoms with Gasteiger partial charge in [0, 0.05) is 13.8 Å². The van der Waals surface area contributed by atoms with Crippen molar-refractivity contribution in [3.05, 3.63) is 118 Å². The van der Waals surface area contributed by atoms with Crippen LogP contribution in [0.5, 0.6) is 0 Å². The van der Waals surface area contributed by atoms with E-state index in [0.29, 0.717) is 6.61 Å². The van der Waals surface area contributed by atoms with Gasteiger partial charge < -0.3 is 37.9 Å². The zero-order valence-electron chi connectivity index (χ0n) is 27.1. The minimum absolute atomic E-state index is 0.0734. The van der Waals surface area contributed by atoms with Crippen LogP contribution in [-0.2, 0) is 72.1 Å². The van der Waals surface area contributed by atoms with Crippen molar-refractivity contribution in [1.29, 1.82) is 0 Å². The topological polar surface area (TPSA) is 125 Å². The van der Waals surface area contributed by atoms with E-state index in [-0.39, 0.29) is 37.1 Å². The summed E-state index contributed by atoms with van der Waals surface area (Å²) in [4.78, 5) is 37.3. The van der Waals surface area contributed by atoms with E-state index < -0.39 is 60.0 Å². The lowest BCUT2D eigenvalue weighted by Crippen LogP contribution is -2.62. The highest BCUT2D eigenvalue weighted by Crippen LogP contribution is 2.47. The van der Waals surface area contributed by atoms with Crippen LogP contribution >= 0.6 is 11.8 Å². The molecule has 3 aromatic rings. The first-order valence-corrected chi connectivity index (χ1v) is 16.9. The molecular formula is C37H38O11S. The average molecular weight is 691 g/mol. The quantitative estimate of drug-likeness (QED) is 0.180. The number of thioether (sulfide) groups is 1. The van der Waals surface area contributed by atoms with Gasteiger partial charge in [-0.25, -0.2) is 4.79 Å². The van der Waals surface area contributed by atoms with Gasteiger partial charge in [0.15, 0.2) is 18.0 Å². The molecule has 0 aromatic heterocycles. The molecule has 0 amide bonds. The van der Waals surface area contributed by atoms with Crippen LogP contribution in [-0.4, -0.2) is 73.2 Å². The predicted octanol–water partition coefficient (Wildman–Crippen LogP) is 4.86. The van der Waals surface area contributed by atoms with Crippen molar-refractivity contribution in [1.82, 2.24) is 0 Å². The zero-order valence-corrected chi connectivity index (χ0v) is 28.0. The van der Waals surface area contributed by atoms with Gasteiger partial charge in [-0.3, -0.25) is 9.59 Å². The third-order valence-corrected chi connectivity index (χ3v) is 9.43. The van der Waals surface area contributed by atoms with E-state index in [1.54, 1.807) is 0 Å². The second-order valence-electron chi connectivity index (χ2n) is 11.7. The number of benzene rings is 3.